The second kappa shape index (κ2) is 6.60. The van der Waals surface area contributed by atoms with Crippen molar-refractivity contribution in [3.8, 4) is 11.8 Å². The van der Waals surface area contributed by atoms with Gasteiger partial charge in [0.2, 0.25) is 0 Å². The number of hydrogen-bond donors (Lipinski definition) is 1. The molecule has 21 heavy (non-hydrogen) atoms. The highest BCUT2D eigenvalue weighted by molar-refractivity contribution is 7.98. The van der Waals surface area contributed by atoms with Crippen molar-refractivity contribution < 1.29 is 0 Å². The minimum absolute atomic E-state index is 0.641. The first-order chi connectivity index (χ1) is 10.3. The van der Waals surface area contributed by atoms with Gasteiger partial charge in [-0.1, -0.05) is 5.92 Å². The molecule has 0 spiro atoms. The Balaban J connectivity index is 1.81. The molecule has 1 aromatic heterocycles. The lowest BCUT2D eigenvalue weighted by atomic mass is 10.0. The summed E-state index contributed by atoms with van der Waals surface area (Å²) in [6, 6.07) is 7.34. The maximum atomic E-state index is 3.42. The Morgan fingerprint density at radius 1 is 1.43 bits per heavy atom. The molecule has 1 saturated heterocycles. The van der Waals surface area contributed by atoms with Gasteiger partial charge in [-0.05, 0) is 62.7 Å². The van der Waals surface area contributed by atoms with Crippen molar-refractivity contribution in [3.05, 3.63) is 30.0 Å². The zero-order chi connectivity index (χ0) is 14.7. The highest BCUT2D eigenvalue weighted by Gasteiger charge is 2.24. The fraction of sp³-hybridized carbons (Fsp3) is 0.444. The molecule has 2 nitrogen and oxygen atoms in total. The topological polar surface area (TPSA) is 19.0 Å². The number of benzene rings is 1. The van der Waals surface area contributed by atoms with Crippen molar-refractivity contribution in [2.75, 3.05) is 19.3 Å². The molecule has 1 N–H and O–H groups in total. The van der Waals surface area contributed by atoms with Crippen LogP contribution in [0.3, 0.4) is 0 Å². The van der Waals surface area contributed by atoms with Crippen LogP contribution in [0, 0.1) is 11.8 Å². The smallest absolute Gasteiger partial charge is 0.0603 e. The fourth-order valence-electron chi connectivity index (χ4n) is 3.22. The lowest BCUT2D eigenvalue weighted by Gasteiger charge is -2.21. The molecule has 3 heteroatoms. The molecule has 1 atom stereocenters. The molecule has 1 aliphatic rings. The third-order valence-corrected chi connectivity index (χ3v) is 5.11. The molecule has 0 radical (unpaired) electrons. The number of fused-ring (bicyclic) bond motifs is 1. The molecule has 2 aromatic rings. The van der Waals surface area contributed by atoms with E-state index in [4.69, 9.17) is 0 Å². The summed E-state index contributed by atoms with van der Waals surface area (Å²) < 4.78 is 0. The van der Waals surface area contributed by atoms with Crippen LogP contribution in [0.5, 0.6) is 0 Å². The van der Waals surface area contributed by atoms with Gasteiger partial charge in [-0.25, -0.2) is 0 Å². The summed E-state index contributed by atoms with van der Waals surface area (Å²) >= 11 is 1.81. The van der Waals surface area contributed by atoms with Crippen molar-refractivity contribution in [2.24, 2.45) is 0 Å². The maximum Gasteiger partial charge on any atom is 0.0603 e. The Hall–Kier alpha value is -1.37. The third kappa shape index (κ3) is 3.12. The van der Waals surface area contributed by atoms with E-state index in [1.54, 1.807) is 0 Å². The normalized spacial score (nSPS) is 18.9. The molecular weight excluding hydrogens is 276 g/mol. The first kappa shape index (κ1) is 14.6. The SMILES string of the molecule is CC#CCN1CCC[C@@H]1Cc1c[nH]c2ccc(SC)cc12. The van der Waals surface area contributed by atoms with Crippen LogP contribution in [0.15, 0.2) is 29.3 Å². The number of aromatic amines is 1. The summed E-state index contributed by atoms with van der Waals surface area (Å²) in [5.74, 6) is 6.24. The molecular formula is C18H22N2S. The van der Waals surface area contributed by atoms with Gasteiger partial charge in [0, 0.05) is 28.0 Å². The van der Waals surface area contributed by atoms with Crippen molar-refractivity contribution >= 4 is 22.7 Å². The van der Waals surface area contributed by atoms with E-state index < -0.39 is 0 Å². The summed E-state index contributed by atoms with van der Waals surface area (Å²) in [4.78, 5) is 7.29. The summed E-state index contributed by atoms with van der Waals surface area (Å²) in [5, 5.41) is 1.38. The summed E-state index contributed by atoms with van der Waals surface area (Å²) in [6.07, 6.45) is 8.05. The fourth-order valence-corrected chi connectivity index (χ4v) is 3.66. The van der Waals surface area contributed by atoms with E-state index in [-0.39, 0.29) is 0 Å². The maximum absolute atomic E-state index is 3.42. The van der Waals surface area contributed by atoms with Crippen molar-refractivity contribution in [1.82, 2.24) is 9.88 Å². The van der Waals surface area contributed by atoms with Crippen LogP contribution >= 0.6 is 11.8 Å². The van der Waals surface area contributed by atoms with Crippen LogP contribution in [0.1, 0.15) is 25.3 Å². The molecule has 0 saturated carbocycles. The average Bonchev–Trinajstić information content (AvgIpc) is 3.12. The quantitative estimate of drug-likeness (QED) is 0.681. The predicted octanol–water partition coefficient (Wildman–Crippen LogP) is 3.92. The number of nitrogens with one attached hydrogen (secondary N) is 1. The van der Waals surface area contributed by atoms with Crippen LogP contribution in [-0.2, 0) is 6.42 Å². The molecule has 1 fully saturated rings. The van der Waals surface area contributed by atoms with Crippen LogP contribution in [0.4, 0.5) is 0 Å². The zero-order valence-electron chi connectivity index (χ0n) is 12.8. The summed E-state index contributed by atoms with van der Waals surface area (Å²) in [5.41, 5.74) is 2.70. The van der Waals surface area contributed by atoms with Gasteiger partial charge < -0.3 is 4.98 Å². The summed E-state index contributed by atoms with van der Waals surface area (Å²) in [6.45, 7) is 4.03. The number of thioether (sulfide) groups is 1. The first-order valence-corrected chi connectivity index (χ1v) is 8.82. The minimum Gasteiger partial charge on any atom is -0.361 e. The van der Waals surface area contributed by atoms with Gasteiger partial charge in [-0.3, -0.25) is 4.90 Å². The Morgan fingerprint density at radius 3 is 3.14 bits per heavy atom. The largest absolute Gasteiger partial charge is 0.361 e. The second-order valence-electron chi connectivity index (χ2n) is 5.62. The zero-order valence-corrected chi connectivity index (χ0v) is 13.6. The number of hydrogen-bond acceptors (Lipinski definition) is 2. The van der Waals surface area contributed by atoms with Crippen molar-refractivity contribution in [2.45, 2.75) is 37.1 Å². The van der Waals surface area contributed by atoms with E-state index in [0.717, 1.165) is 13.0 Å². The Bertz CT molecular complexity index is 677. The Morgan fingerprint density at radius 2 is 2.33 bits per heavy atom. The lowest BCUT2D eigenvalue weighted by Crippen LogP contribution is -2.31. The van der Waals surface area contributed by atoms with E-state index in [1.165, 1.54) is 40.7 Å². The molecule has 0 aliphatic carbocycles. The minimum atomic E-state index is 0.641. The van der Waals surface area contributed by atoms with Gasteiger partial charge in [-0.2, -0.15) is 0 Å². The highest BCUT2D eigenvalue weighted by Crippen LogP contribution is 2.28. The van der Waals surface area contributed by atoms with E-state index in [1.807, 2.05) is 18.7 Å². The van der Waals surface area contributed by atoms with Crippen molar-refractivity contribution in [1.29, 1.82) is 0 Å². The van der Waals surface area contributed by atoms with E-state index >= 15 is 0 Å². The molecule has 110 valence electrons. The Labute approximate surface area is 131 Å². The van der Waals surface area contributed by atoms with Gasteiger partial charge in [0.15, 0.2) is 0 Å². The van der Waals surface area contributed by atoms with Crippen LogP contribution in [0.2, 0.25) is 0 Å². The molecule has 2 heterocycles. The summed E-state index contributed by atoms with van der Waals surface area (Å²) in [7, 11) is 0. The second-order valence-corrected chi connectivity index (χ2v) is 6.50. The lowest BCUT2D eigenvalue weighted by molar-refractivity contribution is 0.284. The number of aromatic nitrogens is 1. The first-order valence-electron chi connectivity index (χ1n) is 7.59. The van der Waals surface area contributed by atoms with E-state index in [0.29, 0.717) is 6.04 Å². The predicted molar refractivity (Wildman–Crippen MR) is 91.8 cm³/mol. The van der Waals surface area contributed by atoms with Gasteiger partial charge in [0.1, 0.15) is 0 Å². The third-order valence-electron chi connectivity index (χ3n) is 4.39. The van der Waals surface area contributed by atoms with Crippen LogP contribution < -0.4 is 0 Å². The van der Waals surface area contributed by atoms with Crippen LogP contribution in [-0.4, -0.2) is 35.3 Å². The van der Waals surface area contributed by atoms with Gasteiger partial charge in [0.25, 0.3) is 0 Å². The van der Waals surface area contributed by atoms with E-state index in [2.05, 4.69) is 52.4 Å². The Kier molecular flexibility index (Phi) is 4.57. The van der Waals surface area contributed by atoms with Gasteiger partial charge in [0.05, 0.1) is 6.54 Å². The number of likely N-dealkylation sites (tertiary alicyclic amines) is 1. The number of nitrogens with zero attached hydrogens (tertiary/aromatic N) is 1. The molecule has 0 bridgehead atoms. The highest BCUT2D eigenvalue weighted by atomic mass is 32.2. The standard InChI is InChI=1S/C18H22N2S/c1-3-4-9-20-10-5-6-15(20)11-14-13-19-18-8-7-16(21-2)12-17(14)18/h7-8,12-13,15,19H,5-6,9-11H2,1-2H3/t15-/m1/s1. The van der Waals surface area contributed by atoms with Crippen molar-refractivity contribution in [3.63, 3.8) is 0 Å². The molecule has 0 unspecified atom stereocenters. The molecule has 3 rings (SSSR count). The van der Waals surface area contributed by atoms with Gasteiger partial charge in [-0.15, -0.1) is 17.7 Å². The molecule has 1 aliphatic heterocycles. The van der Waals surface area contributed by atoms with E-state index in [9.17, 15) is 0 Å². The molecule has 1 aromatic carbocycles. The number of rotatable bonds is 4. The average molecular weight is 298 g/mol. The number of H-pyrrole nitrogens is 1. The monoisotopic (exact) mass is 298 g/mol. The van der Waals surface area contributed by atoms with Gasteiger partial charge >= 0.3 is 0 Å². The van der Waals surface area contributed by atoms with Crippen LogP contribution in [0.25, 0.3) is 10.9 Å². The molecule has 0 amide bonds.